The maximum atomic E-state index is 12.0. The average molecular weight is 1040 g/mol. The minimum absolute atomic E-state index is 0.0262. The Morgan fingerprint density at radius 3 is 1.56 bits per heavy atom. The highest BCUT2D eigenvalue weighted by Gasteiger charge is 2.42. The van der Waals surface area contributed by atoms with Gasteiger partial charge in [0.05, 0.1) is 17.8 Å². The van der Waals surface area contributed by atoms with Crippen LogP contribution in [0.25, 0.3) is 0 Å². The van der Waals surface area contributed by atoms with E-state index in [2.05, 4.69) is 136 Å². The van der Waals surface area contributed by atoms with Gasteiger partial charge in [-0.05, 0) is 165 Å². The Kier molecular flexibility index (Phi) is 9.32. The number of carboxylic acids is 1. The van der Waals surface area contributed by atoms with E-state index in [0.717, 1.165) is 32.5 Å². The fraction of sp³-hybridized carbons (Fsp3) is 0.235. The van der Waals surface area contributed by atoms with Crippen LogP contribution >= 0.6 is 136 Å². The van der Waals surface area contributed by atoms with Gasteiger partial charge in [-0.3, -0.25) is 4.79 Å². The standard InChI is InChI=1S/C17H14I6N2O2/c1-2-17(5-10(26)27,11-6(18)3-8(20)15(24)13(11)22)12-7(19)4-9(21)16(25)14(12)23/h3-4H,2,5,24-25H2,1H3,(H,26,27). The lowest BCUT2D eigenvalue weighted by molar-refractivity contribution is -0.138. The molecule has 4 nitrogen and oxygen atoms in total. The number of rotatable bonds is 5. The normalized spacial score (nSPS) is 11.7. The highest BCUT2D eigenvalue weighted by molar-refractivity contribution is 14.1. The Hall–Kier alpha value is 1.89. The number of carboxylic acid groups (broad SMARTS) is 1. The molecular weight excluding hydrogens is 1030 g/mol. The number of nitrogen functional groups attached to an aromatic ring is 2. The zero-order valence-corrected chi connectivity index (χ0v) is 26.8. The SMILES string of the molecule is CCC(CC(=O)O)(c1c(I)cc(I)c(N)c1I)c1c(I)cc(I)c(N)c1I. The van der Waals surface area contributed by atoms with Crippen molar-refractivity contribution in [1.82, 2.24) is 0 Å². The van der Waals surface area contributed by atoms with Crippen LogP contribution in [0, 0.1) is 21.4 Å². The quantitative estimate of drug-likeness (QED) is 0.232. The Labute approximate surface area is 240 Å². The molecule has 0 aliphatic heterocycles. The predicted molar refractivity (Wildman–Crippen MR) is 161 cm³/mol. The van der Waals surface area contributed by atoms with Crippen LogP contribution in [0.15, 0.2) is 12.1 Å². The van der Waals surface area contributed by atoms with Crippen molar-refractivity contribution in [2.24, 2.45) is 0 Å². The Bertz CT molecular complexity index is 869. The van der Waals surface area contributed by atoms with Crippen LogP contribution in [-0.4, -0.2) is 11.1 Å². The summed E-state index contributed by atoms with van der Waals surface area (Å²) in [6.45, 7) is 2.03. The second kappa shape index (κ2) is 10.0. The van der Waals surface area contributed by atoms with Crippen LogP contribution in [-0.2, 0) is 10.2 Å². The topological polar surface area (TPSA) is 89.3 Å². The first kappa shape index (κ1) is 25.2. The molecule has 0 heterocycles. The number of carbonyl (C=O) groups is 1. The van der Waals surface area contributed by atoms with Gasteiger partial charge in [-0.2, -0.15) is 0 Å². The van der Waals surface area contributed by atoms with Gasteiger partial charge < -0.3 is 16.6 Å². The van der Waals surface area contributed by atoms with Crippen molar-refractivity contribution < 1.29 is 9.90 Å². The second-order valence-electron chi connectivity index (χ2n) is 5.89. The van der Waals surface area contributed by atoms with E-state index < -0.39 is 11.4 Å². The highest BCUT2D eigenvalue weighted by atomic mass is 127. The van der Waals surface area contributed by atoms with Crippen LogP contribution in [0.2, 0.25) is 0 Å². The number of aliphatic carboxylic acids is 1. The zero-order chi connectivity index (χ0) is 20.7. The van der Waals surface area contributed by atoms with E-state index in [-0.39, 0.29) is 6.42 Å². The summed E-state index contributed by atoms with van der Waals surface area (Å²) in [7, 11) is 0. The van der Waals surface area contributed by atoms with Gasteiger partial charge in [-0.1, -0.05) is 6.92 Å². The average Bonchev–Trinajstić information content (AvgIpc) is 2.56. The van der Waals surface area contributed by atoms with E-state index in [1.165, 1.54) is 0 Å². The molecule has 0 radical (unpaired) electrons. The van der Waals surface area contributed by atoms with E-state index in [1.54, 1.807) is 0 Å². The Balaban J connectivity index is 3.04. The highest BCUT2D eigenvalue weighted by Crippen LogP contribution is 2.49. The molecule has 0 saturated heterocycles. The molecule has 5 N–H and O–H groups in total. The van der Waals surface area contributed by atoms with Crippen molar-refractivity contribution >= 4 is 153 Å². The lowest BCUT2D eigenvalue weighted by atomic mass is 9.70. The van der Waals surface area contributed by atoms with Crippen LogP contribution in [0.4, 0.5) is 11.4 Å². The molecule has 146 valence electrons. The van der Waals surface area contributed by atoms with E-state index >= 15 is 0 Å². The van der Waals surface area contributed by atoms with Crippen molar-refractivity contribution in [1.29, 1.82) is 0 Å². The van der Waals surface area contributed by atoms with Crippen LogP contribution < -0.4 is 11.5 Å². The number of anilines is 2. The molecule has 0 aromatic heterocycles. The van der Waals surface area contributed by atoms with Gasteiger partial charge in [0.15, 0.2) is 0 Å². The summed E-state index contributed by atoms with van der Waals surface area (Å²) in [4.78, 5) is 12.0. The smallest absolute Gasteiger partial charge is 0.304 e. The molecule has 0 aliphatic carbocycles. The van der Waals surface area contributed by atoms with E-state index in [9.17, 15) is 9.90 Å². The van der Waals surface area contributed by atoms with Crippen LogP contribution in [0.3, 0.4) is 0 Å². The van der Waals surface area contributed by atoms with Gasteiger partial charge in [0.2, 0.25) is 0 Å². The lowest BCUT2D eigenvalue weighted by Gasteiger charge is -2.37. The monoisotopic (exact) mass is 1040 g/mol. The molecule has 0 bridgehead atoms. The number of hydrogen-bond donors (Lipinski definition) is 3. The Morgan fingerprint density at radius 1 is 0.889 bits per heavy atom. The summed E-state index contributed by atoms with van der Waals surface area (Å²) in [6.07, 6.45) is 0.596. The summed E-state index contributed by atoms with van der Waals surface area (Å²) < 4.78 is 5.80. The first-order valence-corrected chi connectivity index (χ1v) is 14.0. The molecule has 0 unspecified atom stereocenters. The van der Waals surface area contributed by atoms with Gasteiger partial charge in [0.1, 0.15) is 0 Å². The molecule has 27 heavy (non-hydrogen) atoms. The van der Waals surface area contributed by atoms with Gasteiger partial charge >= 0.3 is 5.97 Å². The molecule has 0 spiro atoms. The summed E-state index contributed by atoms with van der Waals surface area (Å²) in [5, 5.41) is 9.84. The maximum absolute atomic E-state index is 12.0. The van der Waals surface area contributed by atoms with Gasteiger partial charge in [-0.15, -0.1) is 0 Å². The third-order valence-electron chi connectivity index (χ3n) is 4.42. The van der Waals surface area contributed by atoms with Crippen LogP contribution in [0.5, 0.6) is 0 Å². The third-order valence-corrected chi connectivity index (χ3v) is 10.2. The molecule has 0 atom stereocenters. The molecule has 0 amide bonds. The minimum atomic E-state index is -0.843. The summed E-state index contributed by atoms with van der Waals surface area (Å²) in [6, 6.07) is 4.05. The summed E-state index contributed by atoms with van der Waals surface area (Å²) >= 11 is 13.5. The molecule has 0 fully saturated rings. The Morgan fingerprint density at radius 2 is 1.26 bits per heavy atom. The van der Waals surface area contributed by atoms with Crippen molar-refractivity contribution in [3.05, 3.63) is 44.7 Å². The van der Waals surface area contributed by atoms with Crippen molar-refractivity contribution in [3.8, 4) is 0 Å². The summed E-state index contributed by atoms with van der Waals surface area (Å²) in [5.74, 6) is -0.843. The number of hydrogen-bond acceptors (Lipinski definition) is 3. The van der Waals surface area contributed by atoms with Gasteiger partial charge in [-0.25, -0.2) is 0 Å². The molecule has 2 aromatic carbocycles. The fourth-order valence-electron chi connectivity index (χ4n) is 3.13. The first-order chi connectivity index (χ1) is 12.5. The fourth-order valence-corrected chi connectivity index (χ4v) is 11.9. The van der Waals surface area contributed by atoms with Crippen molar-refractivity contribution in [2.45, 2.75) is 25.2 Å². The number of nitrogens with two attached hydrogens (primary N) is 2. The third kappa shape index (κ3) is 4.88. The van der Waals surface area contributed by atoms with Crippen molar-refractivity contribution in [2.75, 3.05) is 11.5 Å². The van der Waals surface area contributed by atoms with E-state index in [4.69, 9.17) is 11.5 Å². The first-order valence-electron chi connectivity index (χ1n) is 7.56. The largest absolute Gasteiger partial charge is 0.481 e. The summed E-state index contributed by atoms with van der Waals surface area (Å²) in [5.41, 5.74) is 15.3. The van der Waals surface area contributed by atoms with E-state index in [1.807, 2.05) is 19.1 Å². The zero-order valence-electron chi connectivity index (χ0n) is 13.8. The number of benzene rings is 2. The van der Waals surface area contributed by atoms with Gasteiger partial charge in [0, 0.05) is 26.8 Å². The molecule has 2 aromatic rings. The lowest BCUT2D eigenvalue weighted by Crippen LogP contribution is -2.35. The molecule has 0 saturated carbocycles. The van der Waals surface area contributed by atoms with E-state index in [0.29, 0.717) is 17.8 Å². The predicted octanol–water partition coefficient (Wildman–Crippen LogP) is 6.65. The molecule has 2 rings (SSSR count). The minimum Gasteiger partial charge on any atom is -0.481 e. The molecule has 10 heteroatoms. The van der Waals surface area contributed by atoms with Crippen LogP contribution in [0.1, 0.15) is 30.9 Å². The molecular formula is C17H14I6N2O2. The maximum Gasteiger partial charge on any atom is 0.304 e. The van der Waals surface area contributed by atoms with Crippen molar-refractivity contribution in [3.63, 3.8) is 0 Å². The number of halogens is 6. The van der Waals surface area contributed by atoms with Gasteiger partial charge in [0.25, 0.3) is 0 Å². The molecule has 0 aliphatic rings. The second-order valence-corrected chi connectivity index (χ2v) is 12.7.